The SMILES string of the molecule is CC1=C[C@H](C)c2nc3ccccc3n21. The van der Waals surface area contributed by atoms with Crippen molar-refractivity contribution in [3.8, 4) is 0 Å². The topological polar surface area (TPSA) is 17.8 Å². The highest BCUT2D eigenvalue weighted by Gasteiger charge is 2.21. The van der Waals surface area contributed by atoms with Crippen molar-refractivity contribution in [1.29, 1.82) is 0 Å². The van der Waals surface area contributed by atoms with Gasteiger partial charge in [0.2, 0.25) is 0 Å². The van der Waals surface area contributed by atoms with Crippen LogP contribution in [0.5, 0.6) is 0 Å². The van der Waals surface area contributed by atoms with Crippen molar-refractivity contribution in [3.63, 3.8) is 0 Å². The van der Waals surface area contributed by atoms with Gasteiger partial charge in [-0.1, -0.05) is 25.1 Å². The number of nitrogens with zero attached hydrogens (tertiary/aromatic N) is 2. The zero-order chi connectivity index (χ0) is 9.71. The van der Waals surface area contributed by atoms with Crippen molar-refractivity contribution < 1.29 is 0 Å². The molecule has 70 valence electrons. The summed E-state index contributed by atoms with van der Waals surface area (Å²) >= 11 is 0. The first-order valence-corrected chi connectivity index (χ1v) is 4.93. The fourth-order valence-corrected chi connectivity index (χ4v) is 2.23. The standard InChI is InChI=1S/C12H12N2/c1-8-7-9(2)14-11-6-4-3-5-10(11)13-12(8)14/h3-8H,1-2H3/t8-/m0/s1. The molecule has 14 heavy (non-hydrogen) atoms. The lowest BCUT2D eigenvalue weighted by atomic mass is 10.2. The smallest absolute Gasteiger partial charge is 0.120 e. The van der Waals surface area contributed by atoms with E-state index in [1.807, 2.05) is 6.07 Å². The molecule has 1 aromatic carbocycles. The van der Waals surface area contributed by atoms with E-state index in [0.717, 1.165) is 5.52 Å². The summed E-state index contributed by atoms with van der Waals surface area (Å²) in [6.45, 7) is 4.33. The molecule has 3 rings (SSSR count). The zero-order valence-corrected chi connectivity index (χ0v) is 8.36. The summed E-state index contributed by atoms with van der Waals surface area (Å²) in [4.78, 5) is 4.64. The Morgan fingerprint density at radius 2 is 2.07 bits per heavy atom. The van der Waals surface area contributed by atoms with Gasteiger partial charge < -0.3 is 4.57 Å². The molecule has 0 bridgehead atoms. The summed E-state index contributed by atoms with van der Waals surface area (Å²) in [6, 6.07) is 8.30. The fraction of sp³-hybridized carbons (Fsp3) is 0.250. The minimum absolute atomic E-state index is 0.447. The van der Waals surface area contributed by atoms with E-state index >= 15 is 0 Å². The average Bonchev–Trinajstić information content (AvgIpc) is 2.66. The number of para-hydroxylation sites is 2. The molecule has 2 nitrogen and oxygen atoms in total. The molecule has 0 saturated carbocycles. The molecule has 0 unspecified atom stereocenters. The van der Waals surface area contributed by atoms with Gasteiger partial charge in [-0.2, -0.15) is 0 Å². The first kappa shape index (κ1) is 7.80. The highest BCUT2D eigenvalue weighted by Crippen LogP contribution is 2.32. The Balaban J connectivity index is 2.44. The monoisotopic (exact) mass is 184 g/mol. The van der Waals surface area contributed by atoms with Crippen LogP contribution in [0.15, 0.2) is 30.3 Å². The number of rotatable bonds is 0. The Morgan fingerprint density at radius 3 is 2.93 bits per heavy atom. The van der Waals surface area contributed by atoms with E-state index in [1.165, 1.54) is 17.0 Å². The normalized spacial score (nSPS) is 19.9. The van der Waals surface area contributed by atoms with Crippen LogP contribution in [0.4, 0.5) is 0 Å². The molecular formula is C12H12N2. The minimum atomic E-state index is 0.447. The quantitative estimate of drug-likeness (QED) is 0.615. The van der Waals surface area contributed by atoms with Crippen LogP contribution in [0.1, 0.15) is 25.6 Å². The fourth-order valence-electron chi connectivity index (χ4n) is 2.23. The third kappa shape index (κ3) is 0.830. The van der Waals surface area contributed by atoms with Gasteiger partial charge in [-0.25, -0.2) is 4.98 Å². The van der Waals surface area contributed by atoms with Crippen LogP contribution in [0.3, 0.4) is 0 Å². The minimum Gasteiger partial charge on any atom is -0.300 e. The number of allylic oxidation sites excluding steroid dienone is 2. The summed E-state index contributed by atoms with van der Waals surface area (Å²) < 4.78 is 2.25. The van der Waals surface area contributed by atoms with Crippen LogP contribution in [0.25, 0.3) is 16.7 Å². The van der Waals surface area contributed by atoms with Gasteiger partial charge in [-0.15, -0.1) is 0 Å². The van der Waals surface area contributed by atoms with Crippen molar-refractivity contribution in [2.75, 3.05) is 0 Å². The molecule has 0 radical (unpaired) electrons. The Kier molecular flexibility index (Phi) is 1.38. The number of fused-ring (bicyclic) bond motifs is 3. The Labute approximate surface area is 82.9 Å². The maximum absolute atomic E-state index is 4.64. The summed E-state index contributed by atoms with van der Waals surface area (Å²) in [7, 11) is 0. The van der Waals surface area contributed by atoms with E-state index in [9.17, 15) is 0 Å². The van der Waals surface area contributed by atoms with Crippen molar-refractivity contribution in [2.45, 2.75) is 19.8 Å². The van der Waals surface area contributed by atoms with Crippen molar-refractivity contribution in [2.24, 2.45) is 0 Å². The van der Waals surface area contributed by atoms with E-state index in [4.69, 9.17) is 0 Å². The lowest BCUT2D eigenvalue weighted by Gasteiger charge is -2.00. The maximum atomic E-state index is 4.64. The Morgan fingerprint density at radius 1 is 1.29 bits per heavy atom. The third-order valence-corrected chi connectivity index (χ3v) is 2.84. The molecule has 2 heteroatoms. The number of imidazole rings is 1. The average molecular weight is 184 g/mol. The van der Waals surface area contributed by atoms with Gasteiger partial charge in [0.15, 0.2) is 0 Å². The number of hydrogen-bond donors (Lipinski definition) is 0. The summed E-state index contributed by atoms with van der Waals surface area (Å²) in [5.74, 6) is 1.62. The van der Waals surface area contributed by atoms with E-state index in [0.29, 0.717) is 5.92 Å². The van der Waals surface area contributed by atoms with E-state index < -0.39 is 0 Å². The summed E-state index contributed by atoms with van der Waals surface area (Å²) in [5.41, 5.74) is 3.61. The van der Waals surface area contributed by atoms with Gasteiger partial charge in [0, 0.05) is 11.6 Å². The summed E-state index contributed by atoms with van der Waals surface area (Å²) in [5, 5.41) is 0. The Bertz CT molecular complexity index is 534. The van der Waals surface area contributed by atoms with Gasteiger partial charge in [0.05, 0.1) is 11.0 Å². The van der Waals surface area contributed by atoms with E-state index in [2.05, 4.69) is 47.7 Å². The van der Waals surface area contributed by atoms with Crippen LogP contribution in [-0.4, -0.2) is 9.55 Å². The Hall–Kier alpha value is -1.57. The second-order valence-electron chi connectivity index (χ2n) is 3.89. The highest BCUT2D eigenvalue weighted by molar-refractivity contribution is 5.81. The molecule has 1 atom stereocenters. The molecule has 1 aliphatic heterocycles. The number of hydrogen-bond acceptors (Lipinski definition) is 1. The lowest BCUT2D eigenvalue weighted by Crippen LogP contribution is -1.93. The molecule has 0 fully saturated rings. The first-order valence-electron chi connectivity index (χ1n) is 4.93. The maximum Gasteiger partial charge on any atom is 0.120 e. The molecule has 0 N–H and O–H groups in total. The van der Waals surface area contributed by atoms with Crippen LogP contribution in [0.2, 0.25) is 0 Å². The lowest BCUT2D eigenvalue weighted by molar-refractivity contribution is 0.879. The van der Waals surface area contributed by atoms with Gasteiger partial charge in [0.1, 0.15) is 5.82 Å². The van der Waals surface area contributed by atoms with Crippen molar-refractivity contribution in [1.82, 2.24) is 9.55 Å². The van der Waals surface area contributed by atoms with E-state index in [-0.39, 0.29) is 0 Å². The molecule has 1 aromatic heterocycles. The van der Waals surface area contributed by atoms with Crippen molar-refractivity contribution in [3.05, 3.63) is 36.2 Å². The second kappa shape index (κ2) is 2.47. The number of aromatic nitrogens is 2. The van der Waals surface area contributed by atoms with Gasteiger partial charge in [-0.05, 0) is 19.1 Å². The van der Waals surface area contributed by atoms with Gasteiger partial charge in [0.25, 0.3) is 0 Å². The molecule has 2 aromatic rings. The van der Waals surface area contributed by atoms with Gasteiger partial charge in [-0.3, -0.25) is 0 Å². The summed E-state index contributed by atoms with van der Waals surface area (Å²) in [6.07, 6.45) is 2.26. The van der Waals surface area contributed by atoms with Crippen LogP contribution in [-0.2, 0) is 0 Å². The van der Waals surface area contributed by atoms with Crippen LogP contribution < -0.4 is 0 Å². The third-order valence-electron chi connectivity index (χ3n) is 2.84. The zero-order valence-electron chi connectivity index (χ0n) is 8.36. The van der Waals surface area contributed by atoms with Crippen LogP contribution >= 0.6 is 0 Å². The molecule has 2 heterocycles. The molecule has 1 aliphatic rings. The molecule has 0 aliphatic carbocycles. The molecule has 0 saturated heterocycles. The predicted molar refractivity (Wildman–Crippen MR) is 58.1 cm³/mol. The number of benzene rings is 1. The molecule has 0 amide bonds. The molecule has 0 spiro atoms. The first-order chi connectivity index (χ1) is 6.77. The molecular weight excluding hydrogens is 172 g/mol. The largest absolute Gasteiger partial charge is 0.300 e. The van der Waals surface area contributed by atoms with Gasteiger partial charge >= 0.3 is 0 Å². The highest BCUT2D eigenvalue weighted by atomic mass is 15.1. The van der Waals surface area contributed by atoms with Crippen molar-refractivity contribution >= 4 is 16.7 Å². The predicted octanol–water partition coefficient (Wildman–Crippen LogP) is 3.01. The second-order valence-corrected chi connectivity index (χ2v) is 3.89. The van der Waals surface area contributed by atoms with Crippen LogP contribution in [0, 0.1) is 0 Å². The van der Waals surface area contributed by atoms with E-state index in [1.54, 1.807) is 0 Å².